The lowest BCUT2D eigenvalue weighted by Crippen LogP contribution is -2.39. The number of halogens is 1. The van der Waals surface area contributed by atoms with Crippen LogP contribution in [-0.4, -0.2) is 32.0 Å². The average Bonchev–Trinajstić information content (AvgIpc) is 3.38. The molecule has 0 spiro atoms. The molecule has 130 valence electrons. The van der Waals surface area contributed by atoms with Crippen molar-refractivity contribution in [1.82, 2.24) is 9.55 Å². The fourth-order valence-corrected chi connectivity index (χ4v) is 6.82. The maximum Gasteiger partial charge on any atom is 0.129 e. The average molecular weight is 340 g/mol. The van der Waals surface area contributed by atoms with Crippen LogP contribution in [0.5, 0.6) is 0 Å². The van der Waals surface area contributed by atoms with Crippen LogP contribution in [0.1, 0.15) is 37.3 Å². The molecule has 7 atom stereocenters. The van der Waals surface area contributed by atoms with Gasteiger partial charge in [-0.3, -0.25) is 0 Å². The maximum atomic E-state index is 14.6. The van der Waals surface area contributed by atoms with Gasteiger partial charge in [0.1, 0.15) is 5.82 Å². The number of aromatic nitrogens is 2. The zero-order valence-electron chi connectivity index (χ0n) is 13.8. The monoisotopic (exact) mass is 340 g/mol. The Kier molecular flexibility index (Phi) is 2.61. The number of hydrogen-bond donors (Lipinski definition) is 2. The lowest BCUT2D eigenvalue weighted by molar-refractivity contribution is -0.0234. The molecule has 5 heteroatoms. The van der Waals surface area contributed by atoms with Crippen LogP contribution in [0.25, 0.3) is 11.3 Å². The Hall–Kier alpha value is -1.72. The number of hydrogen-bond acceptors (Lipinski definition) is 3. The van der Waals surface area contributed by atoms with Gasteiger partial charge in [0.2, 0.25) is 0 Å². The molecule has 1 aromatic heterocycles. The second kappa shape index (κ2) is 4.51. The first kappa shape index (κ1) is 14.4. The van der Waals surface area contributed by atoms with Gasteiger partial charge < -0.3 is 14.8 Å². The van der Waals surface area contributed by atoms with Crippen LogP contribution >= 0.6 is 0 Å². The molecule has 7 unspecified atom stereocenters. The van der Waals surface area contributed by atoms with Gasteiger partial charge in [0.05, 0.1) is 36.5 Å². The number of benzene rings is 1. The molecule has 0 amide bonds. The molecule has 0 radical (unpaired) electrons. The summed E-state index contributed by atoms with van der Waals surface area (Å²) >= 11 is 0. The van der Waals surface area contributed by atoms with E-state index in [1.807, 2.05) is 10.6 Å². The van der Waals surface area contributed by atoms with E-state index >= 15 is 0 Å². The lowest BCUT2D eigenvalue weighted by Gasteiger charge is -2.36. The Balaban J connectivity index is 1.38. The van der Waals surface area contributed by atoms with Crippen LogP contribution in [0.2, 0.25) is 0 Å². The molecule has 4 aliphatic carbocycles. The number of imidazole rings is 1. The van der Waals surface area contributed by atoms with Crippen LogP contribution in [0.3, 0.4) is 0 Å². The molecule has 2 aromatic rings. The van der Waals surface area contributed by atoms with Crippen LogP contribution in [-0.2, 0) is 0 Å². The van der Waals surface area contributed by atoms with Gasteiger partial charge in [-0.2, -0.15) is 0 Å². The molecule has 7 rings (SSSR count). The zero-order valence-corrected chi connectivity index (χ0v) is 13.8. The molecule has 4 nitrogen and oxygen atoms in total. The van der Waals surface area contributed by atoms with E-state index in [0.29, 0.717) is 23.8 Å². The summed E-state index contributed by atoms with van der Waals surface area (Å²) in [5.74, 6) is 0.958. The first-order valence-corrected chi connectivity index (χ1v) is 9.27. The van der Waals surface area contributed by atoms with Crippen LogP contribution in [0, 0.1) is 29.0 Å². The highest BCUT2D eigenvalue weighted by Crippen LogP contribution is 2.71. The second-order valence-corrected chi connectivity index (χ2v) is 8.55. The van der Waals surface area contributed by atoms with Gasteiger partial charge in [-0.1, -0.05) is 12.1 Å². The third-order valence-corrected chi connectivity index (χ3v) is 7.78. The molecule has 4 fully saturated rings. The summed E-state index contributed by atoms with van der Waals surface area (Å²) in [7, 11) is 0. The van der Waals surface area contributed by atoms with E-state index in [2.05, 4.69) is 4.98 Å². The van der Waals surface area contributed by atoms with Crippen molar-refractivity contribution in [2.45, 2.75) is 43.9 Å². The van der Waals surface area contributed by atoms with Gasteiger partial charge in [-0.05, 0) is 49.5 Å². The van der Waals surface area contributed by atoms with Crippen LogP contribution < -0.4 is 0 Å². The van der Waals surface area contributed by atoms with Crippen LogP contribution in [0.15, 0.2) is 30.7 Å². The smallest absolute Gasteiger partial charge is 0.129 e. The minimum absolute atomic E-state index is 0.163. The highest BCUT2D eigenvalue weighted by molar-refractivity contribution is 5.69. The Morgan fingerprint density at radius 2 is 2.24 bits per heavy atom. The lowest BCUT2D eigenvalue weighted by atomic mass is 9.73. The standard InChI is InChI=1S/C20H21FN2O2/c21-14-3-1-2-11-16-8-22-9-23(16)15(18(11)14)5-17(24)20-6-10-4-13(20)19(25)12(10)7-20/h1-3,8-10,12-13,15,17,19,24-25H,4-7H2. The number of rotatable bonds is 3. The number of aliphatic hydroxyl groups excluding tert-OH is 2. The largest absolute Gasteiger partial charge is 0.393 e. The van der Waals surface area contributed by atoms with Gasteiger partial charge in [0.25, 0.3) is 0 Å². The van der Waals surface area contributed by atoms with Crippen molar-refractivity contribution in [3.05, 3.63) is 42.1 Å². The SMILES string of the molecule is OC1C2CC3(C(O)CC4c5c(F)cccc5-c5cncn54)CC2CC13. The van der Waals surface area contributed by atoms with E-state index in [4.69, 9.17) is 0 Å². The highest BCUT2D eigenvalue weighted by Gasteiger charge is 2.69. The third kappa shape index (κ3) is 1.57. The predicted octanol–water partition coefficient (Wildman–Crippen LogP) is 2.75. The van der Waals surface area contributed by atoms with Gasteiger partial charge >= 0.3 is 0 Å². The molecular weight excluding hydrogens is 319 g/mol. The quantitative estimate of drug-likeness (QED) is 0.903. The van der Waals surface area contributed by atoms with Gasteiger partial charge in [-0.25, -0.2) is 9.37 Å². The number of fused-ring (bicyclic) bond motifs is 3. The molecule has 4 saturated carbocycles. The summed E-state index contributed by atoms with van der Waals surface area (Å²) in [6.07, 6.45) is 6.23. The molecule has 5 aliphatic rings. The zero-order chi connectivity index (χ0) is 16.9. The van der Waals surface area contributed by atoms with E-state index in [9.17, 15) is 14.6 Å². The predicted molar refractivity (Wildman–Crippen MR) is 89.1 cm³/mol. The topological polar surface area (TPSA) is 58.3 Å². The molecule has 4 bridgehead atoms. The molecule has 25 heavy (non-hydrogen) atoms. The van der Waals surface area contributed by atoms with Gasteiger partial charge in [-0.15, -0.1) is 0 Å². The van der Waals surface area contributed by atoms with Crippen LogP contribution in [0.4, 0.5) is 4.39 Å². The van der Waals surface area contributed by atoms with Gasteiger partial charge in [0, 0.05) is 16.5 Å². The van der Waals surface area contributed by atoms with E-state index in [0.717, 1.165) is 30.5 Å². The van der Waals surface area contributed by atoms with Crippen molar-refractivity contribution >= 4 is 0 Å². The maximum absolute atomic E-state index is 14.6. The fourth-order valence-electron chi connectivity index (χ4n) is 6.82. The van der Waals surface area contributed by atoms with E-state index < -0.39 is 6.10 Å². The summed E-state index contributed by atoms with van der Waals surface area (Å²) in [6.45, 7) is 0. The molecule has 1 aliphatic heterocycles. The summed E-state index contributed by atoms with van der Waals surface area (Å²) in [5.41, 5.74) is 2.32. The van der Waals surface area contributed by atoms with Crippen molar-refractivity contribution in [1.29, 1.82) is 0 Å². The third-order valence-electron chi connectivity index (χ3n) is 7.78. The molecular formula is C20H21FN2O2. The van der Waals surface area contributed by atoms with Crippen molar-refractivity contribution in [2.75, 3.05) is 0 Å². The minimum atomic E-state index is -0.518. The first-order valence-electron chi connectivity index (χ1n) is 9.27. The summed E-state index contributed by atoms with van der Waals surface area (Å²) in [4.78, 5) is 4.23. The number of aliphatic hydroxyl groups is 2. The normalized spacial score (nSPS) is 40.7. The Morgan fingerprint density at radius 1 is 1.36 bits per heavy atom. The number of nitrogens with zero attached hydrogens (tertiary/aromatic N) is 2. The van der Waals surface area contributed by atoms with Crippen molar-refractivity contribution in [2.24, 2.45) is 23.2 Å². The van der Waals surface area contributed by atoms with Crippen molar-refractivity contribution in [3.63, 3.8) is 0 Å². The Bertz CT molecular complexity index is 878. The summed E-state index contributed by atoms with van der Waals surface area (Å²) in [6, 6.07) is 4.94. The van der Waals surface area contributed by atoms with E-state index in [1.54, 1.807) is 18.6 Å². The first-order chi connectivity index (χ1) is 12.1. The second-order valence-electron chi connectivity index (χ2n) is 8.55. The fraction of sp³-hybridized carbons (Fsp3) is 0.550. The molecule has 0 saturated heterocycles. The highest BCUT2D eigenvalue weighted by atomic mass is 19.1. The van der Waals surface area contributed by atoms with Gasteiger partial charge in [0.15, 0.2) is 0 Å². The van der Waals surface area contributed by atoms with Crippen molar-refractivity contribution in [3.8, 4) is 11.3 Å². The Morgan fingerprint density at radius 3 is 2.96 bits per heavy atom. The minimum Gasteiger partial charge on any atom is -0.393 e. The summed E-state index contributed by atoms with van der Waals surface area (Å²) < 4.78 is 16.6. The Labute approximate surface area is 145 Å². The summed E-state index contributed by atoms with van der Waals surface area (Å²) in [5, 5.41) is 21.7. The van der Waals surface area contributed by atoms with Crippen molar-refractivity contribution < 1.29 is 14.6 Å². The molecule has 1 aromatic carbocycles. The molecule has 2 heterocycles. The molecule has 2 N–H and O–H groups in total. The van der Waals surface area contributed by atoms with E-state index in [-0.39, 0.29) is 29.3 Å². The van der Waals surface area contributed by atoms with E-state index in [1.165, 1.54) is 6.07 Å².